The molecule has 0 bridgehead atoms. The summed E-state index contributed by atoms with van der Waals surface area (Å²) in [6.07, 6.45) is 1.04. The number of esters is 1. The second-order valence-corrected chi connectivity index (χ2v) is 12.8. The molecule has 1 unspecified atom stereocenters. The average molecular weight is 645 g/mol. The van der Waals surface area contributed by atoms with Crippen molar-refractivity contribution in [1.82, 2.24) is 20.2 Å². The Labute approximate surface area is 273 Å². The topological polar surface area (TPSA) is 144 Å². The van der Waals surface area contributed by atoms with Crippen molar-refractivity contribution in [2.75, 3.05) is 42.9 Å². The van der Waals surface area contributed by atoms with Gasteiger partial charge in [-0.1, -0.05) is 24.3 Å². The minimum absolute atomic E-state index is 0.0809. The molecule has 2 N–H and O–H groups in total. The van der Waals surface area contributed by atoms with Crippen LogP contribution in [0.3, 0.4) is 0 Å². The van der Waals surface area contributed by atoms with E-state index in [4.69, 9.17) is 23.9 Å². The number of benzene rings is 1. The zero-order valence-electron chi connectivity index (χ0n) is 26.9. The van der Waals surface area contributed by atoms with Gasteiger partial charge >= 0.3 is 18.2 Å². The lowest BCUT2D eigenvalue weighted by Crippen LogP contribution is -2.46. The molecule has 1 aromatic carbocycles. The van der Waals surface area contributed by atoms with Gasteiger partial charge in [0, 0.05) is 24.7 Å². The van der Waals surface area contributed by atoms with Crippen LogP contribution in [-0.4, -0.2) is 83.6 Å². The van der Waals surface area contributed by atoms with Gasteiger partial charge in [0.15, 0.2) is 0 Å². The van der Waals surface area contributed by atoms with E-state index in [0.717, 1.165) is 29.7 Å². The molecule has 47 heavy (non-hydrogen) atoms. The number of nitrogens with one attached hydrogen (secondary N) is 2. The minimum atomic E-state index is -0.544. The Hall–Kier alpha value is -4.91. The van der Waals surface area contributed by atoms with Gasteiger partial charge in [-0.05, 0) is 76.4 Å². The maximum atomic E-state index is 12.6. The van der Waals surface area contributed by atoms with Gasteiger partial charge < -0.3 is 34.5 Å². The molecule has 2 amide bonds. The largest absolute Gasteiger partial charge is 0.472 e. The van der Waals surface area contributed by atoms with E-state index in [0.29, 0.717) is 56.5 Å². The molecule has 2 fully saturated rings. The zero-order chi connectivity index (χ0) is 33.0. The van der Waals surface area contributed by atoms with Crippen molar-refractivity contribution in [1.29, 1.82) is 0 Å². The molecule has 248 valence electrons. The molecule has 0 saturated carbocycles. The standard InChI is InChI=1S/C34H40N6O7/c1-34(2,3)47-32(42)39-16-6-9-24(20-39)44-29-11-5-10-26(37-29)23-8-4-7-22(17-23)18-35-15-14-25-21-40(33(43)45-25)28-13-12-27-31(38-28)46-30(41)19-36-27/h4-5,7-8,10-13,17,24-25,35-36H,6,9,14-16,18-21H2,1-3H3/t24?,25-/m0/s1. The van der Waals surface area contributed by atoms with Crippen LogP contribution >= 0.6 is 0 Å². The number of amides is 2. The van der Waals surface area contributed by atoms with Crippen molar-refractivity contribution >= 4 is 29.7 Å². The molecule has 13 nitrogen and oxygen atoms in total. The van der Waals surface area contributed by atoms with Crippen LogP contribution in [0.25, 0.3) is 11.3 Å². The van der Waals surface area contributed by atoms with Crippen molar-refractivity contribution in [2.45, 2.75) is 64.4 Å². The third-order valence-corrected chi connectivity index (χ3v) is 7.87. The Kier molecular flexibility index (Phi) is 9.43. The highest BCUT2D eigenvalue weighted by molar-refractivity contribution is 5.89. The molecular weight excluding hydrogens is 604 g/mol. The van der Waals surface area contributed by atoms with Crippen molar-refractivity contribution < 1.29 is 33.3 Å². The number of likely N-dealkylation sites (tertiary alicyclic amines) is 1. The SMILES string of the molecule is CC(C)(C)OC(=O)N1CCCC(Oc2cccc(-c3cccc(CNCC[C@H]4CN(c5ccc6c(n5)OC(=O)CN6)C(=O)O4)c3)n2)C1. The number of hydrogen-bond donors (Lipinski definition) is 2. The smallest absolute Gasteiger partial charge is 0.415 e. The second-order valence-electron chi connectivity index (χ2n) is 12.8. The molecular formula is C34H40N6O7. The van der Waals surface area contributed by atoms with E-state index >= 15 is 0 Å². The Morgan fingerprint density at radius 2 is 1.94 bits per heavy atom. The summed E-state index contributed by atoms with van der Waals surface area (Å²) in [4.78, 5) is 48.9. The summed E-state index contributed by atoms with van der Waals surface area (Å²) < 4.78 is 22.5. The highest BCUT2D eigenvalue weighted by atomic mass is 16.6. The van der Waals surface area contributed by atoms with Crippen LogP contribution < -0.4 is 25.0 Å². The van der Waals surface area contributed by atoms with Crippen LogP contribution in [-0.2, 0) is 20.8 Å². The Morgan fingerprint density at radius 3 is 2.79 bits per heavy atom. The van der Waals surface area contributed by atoms with Gasteiger partial charge in [-0.15, -0.1) is 0 Å². The Bertz CT molecular complexity index is 1630. The molecule has 0 spiro atoms. The minimum Gasteiger partial charge on any atom is -0.472 e. The van der Waals surface area contributed by atoms with Gasteiger partial charge in [0.25, 0.3) is 0 Å². The molecule has 0 aliphatic carbocycles. The number of nitrogens with zero attached hydrogens (tertiary/aromatic N) is 4. The number of hydrogen-bond acceptors (Lipinski definition) is 11. The first-order valence-corrected chi connectivity index (χ1v) is 15.9. The van der Waals surface area contributed by atoms with E-state index in [2.05, 4.69) is 21.7 Å². The van der Waals surface area contributed by atoms with E-state index in [1.165, 1.54) is 4.90 Å². The van der Waals surface area contributed by atoms with Gasteiger partial charge in [-0.3, -0.25) is 4.90 Å². The molecule has 2 aromatic heterocycles. The summed E-state index contributed by atoms with van der Waals surface area (Å²) in [5, 5.41) is 6.37. The van der Waals surface area contributed by atoms with Gasteiger partial charge in [0.2, 0.25) is 11.8 Å². The van der Waals surface area contributed by atoms with E-state index in [1.807, 2.05) is 57.2 Å². The fourth-order valence-corrected chi connectivity index (χ4v) is 5.64. The van der Waals surface area contributed by atoms with E-state index < -0.39 is 17.7 Å². The van der Waals surface area contributed by atoms with Crippen LogP contribution in [0.1, 0.15) is 45.6 Å². The van der Waals surface area contributed by atoms with Gasteiger partial charge in [-0.2, -0.15) is 4.98 Å². The molecule has 3 aromatic rings. The molecule has 6 rings (SSSR count). The van der Waals surface area contributed by atoms with Crippen molar-refractivity contribution in [3.63, 3.8) is 0 Å². The molecule has 5 heterocycles. The van der Waals surface area contributed by atoms with Crippen molar-refractivity contribution in [3.05, 3.63) is 60.2 Å². The maximum absolute atomic E-state index is 12.6. The third-order valence-electron chi connectivity index (χ3n) is 7.87. The molecule has 2 saturated heterocycles. The average Bonchev–Trinajstić information content (AvgIpc) is 3.42. The lowest BCUT2D eigenvalue weighted by atomic mass is 10.1. The summed E-state index contributed by atoms with van der Waals surface area (Å²) in [5.74, 6) is 0.625. The van der Waals surface area contributed by atoms with Crippen molar-refractivity contribution in [2.24, 2.45) is 0 Å². The predicted octanol–water partition coefficient (Wildman–Crippen LogP) is 4.76. The number of rotatable bonds is 9. The van der Waals surface area contributed by atoms with Gasteiger partial charge in [-0.25, -0.2) is 19.4 Å². The summed E-state index contributed by atoms with van der Waals surface area (Å²) in [6.45, 7) is 8.40. The van der Waals surface area contributed by atoms with Gasteiger partial charge in [0.1, 0.15) is 30.2 Å². The quantitative estimate of drug-likeness (QED) is 0.246. The van der Waals surface area contributed by atoms with E-state index in [-0.39, 0.29) is 30.7 Å². The number of anilines is 2. The number of piperidine rings is 1. The van der Waals surface area contributed by atoms with Crippen molar-refractivity contribution in [3.8, 4) is 23.0 Å². The number of carbonyl (C=O) groups excluding carboxylic acids is 3. The molecule has 13 heteroatoms. The number of aromatic nitrogens is 2. The first-order valence-electron chi connectivity index (χ1n) is 15.9. The number of fused-ring (bicyclic) bond motifs is 1. The van der Waals surface area contributed by atoms with E-state index in [1.54, 1.807) is 17.0 Å². The first-order chi connectivity index (χ1) is 22.6. The lowest BCUT2D eigenvalue weighted by molar-refractivity contribution is -0.133. The summed E-state index contributed by atoms with van der Waals surface area (Å²) >= 11 is 0. The Balaban J connectivity index is 0.984. The first kappa shape index (κ1) is 32.0. The van der Waals surface area contributed by atoms with E-state index in [9.17, 15) is 14.4 Å². The fraction of sp³-hybridized carbons (Fsp3) is 0.441. The fourth-order valence-electron chi connectivity index (χ4n) is 5.64. The third kappa shape index (κ3) is 8.28. The summed E-state index contributed by atoms with van der Waals surface area (Å²) in [7, 11) is 0. The highest BCUT2D eigenvalue weighted by Gasteiger charge is 2.34. The molecule has 2 atom stereocenters. The molecule has 3 aliphatic heterocycles. The number of carbonyl (C=O) groups is 3. The lowest BCUT2D eigenvalue weighted by Gasteiger charge is -2.34. The molecule has 3 aliphatic rings. The second kappa shape index (κ2) is 13.8. The highest BCUT2D eigenvalue weighted by Crippen LogP contribution is 2.30. The molecule has 0 radical (unpaired) electrons. The number of cyclic esters (lactones) is 1. The number of ether oxygens (including phenoxy) is 4. The van der Waals surface area contributed by atoms with Crippen LogP contribution in [0, 0.1) is 0 Å². The number of pyridine rings is 2. The normalized spacial score (nSPS) is 19.4. The zero-order valence-corrected chi connectivity index (χ0v) is 26.9. The predicted molar refractivity (Wildman–Crippen MR) is 173 cm³/mol. The van der Waals surface area contributed by atoms with Crippen LogP contribution in [0.5, 0.6) is 11.8 Å². The summed E-state index contributed by atoms with van der Waals surface area (Å²) in [6, 6.07) is 17.3. The Morgan fingerprint density at radius 1 is 1.09 bits per heavy atom. The maximum Gasteiger partial charge on any atom is 0.415 e. The van der Waals surface area contributed by atoms with Crippen LogP contribution in [0.4, 0.5) is 21.1 Å². The monoisotopic (exact) mass is 644 g/mol. The summed E-state index contributed by atoms with van der Waals surface area (Å²) in [5.41, 5.74) is 2.91. The van der Waals surface area contributed by atoms with Crippen LogP contribution in [0.15, 0.2) is 54.6 Å². The van der Waals surface area contributed by atoms with Gasteiger partial charge in [0.05, 0.1) is 24.5 Å². The van der Waals surface area contributed by atoms with Crippen LogP contribution in [0.2, 0.25) is 0 Å².